The molecular weight excluding hydrogens is 639 g/mol. The van der Waals surface area contributed by atoms with E-state index >= 15 is 0 Å². The van der Waals surface area contributed by atoms with Gasteiger partial charge in [0, 0.05) is 37.2 Å². The SMILES string of the molecule is CC(C)(C)c1ccc2c(=O)c3cc4c(cc3sc2c1)-c1ccccc1C41c2ccccc2-c2cc(N(c3ccccc3)c3ccccc3)ccc21. The second kappa shape index (κ2) is 10.9. The number of para-hydroxylation sites is 2. The summed E-state index contributed by atoms with van der Waals surface area (Å²) in [5.74, 6) is 0. The van der Waals surface area contributed by atoms with Crippen LogP contribution >= 0.6 is 11.3 Å². The Morgan fingerprint density at radius 2 is 1.02 bits per heavy atom. The first kappa shape index (κ1) is 30.1. The molecular formula is C48H35NOS. The summed E-state index contributed by atoms with van der Waals surface area (Å²) < 4.78 is 2.08. The molecule has 1 unspecified atom stereocenters. The molecule has 1 aromatic heterocycles. The van der Waals surface area contributed by atoms with Gasteiger partial charge in [-0.05, 0) is 116 Å². The molecule has 0 saturated heterocycles. The van der Waals surface area contributed by atoms with Crippen LogP contribution in [0.2, 0.25) is 0 Å². The molecule has 1 spiro atoms. The van der Waals surface area contributed by atoms with Crippen molar-refractivity contribution in [1.82, 2.24) is 0 Å². The first-order valence-electron chi connectivity index (χ1n) is 17.6. The fourth-order valence-corrected chi connectivity index (χ4v) is 9.81. The molecule has 51 heavy (non-hydrogen) atoms. The van der Waals surface area contributed by atoms with Crippen molar-refractivity contribution in [2.45, 2.75) is 31.6 Å². The lowest BCUT2D eigenvalue weighted by Crippen LogP contribution is -2.26. The number of anilines is 3. The molecule has 0 aliphatic heterocycles. The maximum absolute atomic E-state index is 14.4. The van der Waals surface area contributed by atoms with E-state index in [0.717, 1.165) is 37.2 Å². The van der Waals surface area contributed by atoms with Crippen LogP contribution in [0.4, 0.5) is 17.1 Å². The van der Waals surface area contributed by atoms with Gasteiger partial charge >= 0.3 is 0 Å². The fourth-order valence-electron chi connectivity index (χ4n) is 8.68. The summed E-state index contributed by atoms with van der Waals surface area (Å²) in [6.45, 7) is 6.67. The lowest BCUT2D eigenvalue weighted by atomic mass is 9.70. The second-order valence-electron chi connectivity index (χ2n) is 14.9. The van der Waals surface area contributed by atoms with Gasteiger partial charge in [0.2, 0.25) is 0 Å². The Kier molecular flexibility index (Phi) is 6.41. The fraction of sp³-hybridized carbons (Fsp3) is 0.104. The molecule has 0 N–H and O–H groups in total. The zero-order valence-corrected chi connectivity index (χ0v) is 29.6. The van der Waals surface area contributed by atoms with E-state index in [2.05, 4.69) is 177 Å². The minimum absolute atomic E-state index is 0.00448. The third-order valence-corrected chi connectivity index (χ3v) is 12.1. The number of fused-ring (bicyclic) bond motifs is 12. The summed E-state index contributed by atoms with van der Waals surface area (Å²) in [5.41, 5.74) is 14.0. The third-order valence-electron chi connectivity index (χ3n) is 11.0. The minimum atomic E-state index is -0.545. The van der Waals surface area contributed by atoms with E-state index in [0.29, 0.717) is 0 Å². The molecule has 8 aromatic rings. The van der Waals surface area contributed by atoms with E-state index in [1.807, 2.05) is 6.07 Å². The predicted molar refractivity (Wildman–Crippen MR) is 215 cm³/mol. The topological polar surface area (TPSA) is 20.3 Å². The van der Waals surface area contributed by atoms with Gasteiger partial charge in [-0.15, -0.1) is 11.3 Å². The molecule has 7 aromatic carbocycles. The first-order chi connectivity index (χ1) is 24.8. The van der Waals surface area contributed by atoms with Crippen LogP contribution in [0.5, 0.6) is 0 Å². The van der Waals surface area contributed by atoms with Gasteiger partial charge in [0.1, 0.15) is 0 Å². The highest BCUT2D eigenvalue weighted by molar-refractivity contribution is 7.24. The van der Waals surface area contributed by atoms with E-state index < -0.39 is 5.41 Å². The number of nitrogens with zero attached hydrogens (tertiary/aromatic N) is 1. The summed E-state index contributed by atoms with van der Waals surface area (Å²) in [7, 11) is 0. The van der Waals surface area contributed by atoms with E-state index in [-0.39, 0.29) is 10.8 Å². The first-order valence-corrected chi connectivity index (χ1v) is 18.5. The third kappa shape index (κ3) is 4.25. The standard InChI is InChI=1S/C48H35NOS/c1-47(2,3)30-22-24-36-44(26-30)51-45-29-38-35-19-11-13-21-41(35)48(43(38)28-39(45)46(36)50)40-20-12-10-18-34(40)37-27-33(23-25-42(37)48)49(31-14-6-4-7-15-31)32-16-8-5-9-17-32/h4-29H,1-3H3. The predicted octanol–water partition coefficient (Wildman–Crippen LogP) is 12.5. The molecule has 0 bridgehead atoms. The van der Waals surface area contributed by atoms with Crippen molar-refractivity contribution in [1.29, 1.82) is 0 Å². The lowest BCUT2D eigenvalue weighted by Gasteiger charge is -2.31. The summed E-state index contributed by atoms with van der Waals surface area (Å²) >= 11 is 1.73. The van der Waals surface area contributed by atoms with Gasteiger partial charge in [0.25, 0.3) is 0 Å². The van der Waals surface area contributed by atoms with Crippen LogP contribution in [0.15, 0.2) is 163 Å². The van der Waals surface area contributed by atoms with Gasteiger partial charge in [-0.1, -0.05) is 118 Å². The van der Waals surface area contributed by atoms with E-state index in [4.69, 9.17) is 0 Å². The molecule has 0 fully saturated rings. The van der Waals surface area contributed by atoms with Crippen LogP contribution in [0, 0.1) is 0 Å². The van der Waals surface area contributed by atoms with Crippen molar-refractivity contribution in [3.05, 3.63) is 196 Å². The van der Waals surface area contributed by atoms with Crippen LogP contribution < -0.4 is 10.3 Å². The zero-order valence-electron chi connectivity index (χ0n) is 28.8. The zero-order chi connectivity index (χ0) is 34.5. The molecule has 2 aliphatic carbocycles. The summed E-state index contributed by atoms with van der Waals surface area (Å²) in [6, 6.07) is 56.8. The van der Waals surface area contributed by atoms with E-state index in [1.54, 1.807) is 11.3 Å². The maximum atomic E-state index is 14.4. The number of hydrogen-bond acceptors (Lipinski definition) is 3. The number of hydrogen-bond donors (Lipinski definition) is 0. The summed E-state index contributed by atoms with van der Waals surface area (Å²) in [5, 5.41) is 1.59. The Morgan fingerprint density at radius 3 is 1.65 bits per heavy atom. The van der Waals surface area contributed by atoms with Crippen molar-refractivity contribution in [2.75, 3.05) is 4.90 Å². The molecule has 1 heterocycles. The molecule has 2 aliphatic rings. The van der Waals surface area contributed by atoms with Crippen molar-refractivity contribution >= 4 is 48.6 Å². The smallest absolute Gasteiger partial charge is 0.195 e. The van der Waals surface area contributed by atoms with Crippen molar-refractivity contribution < 1.29 is 0 Å². The van der Waals surface area contributed by atoms with Crippen molar-refractivity contribution in [3.8, 4) is 22.3 Å². The van der Waals surface area contributed by atoms with Crippen LogP contribution in [0.25, 0.3) is 42.4 Å². The molecule has 3 heteroatoms. The Bertz CT molecular complexity index is 2720. The Labute approximate surface area is 301 Å². The highest BCUT2D eigenvalue weighted by atomic mass is 32.1. The molecule has 0 saturated carbocycles. The number of benzene rings is 7. The Morgan fingerprint density at radius 1 is 0.471 bits per heavy atom. The van der Waals surface area contributed by atoms with Crippen LogP contribution in [-0.2, 0) is 10.8 Å². The largest absolute Gasteiger partial charge is 0.310 e. The summed E-state index contributed by atoms with van der Waals surface area (Å²) in [4.78, 5) is 16.7. The summed E-state index contributed by atoms with van der Waals surface area (Å²) in [6.07, 6.45) is 0. The minimum Gasteiger partial charge on any atom is -0.310 e. The molecule has 0 radical (unpaired) electrons. The molecule has 1 atom stereocenters. The van der Waals surface area contributed by atoms with Gasteiger partial charge in [-0.25, -0.2) is 0 Å². The number of rotatable bonds is 3. The van der Waals surface area contributed by atoms with Gasteiger partial charge in [0.05, 0.1) is 5.41 Å². The van der Waals surface area contributed by atoms with Gasteiger partial charge < -0.3 is 4.90 Å². The van der Waals surface area contributed by atoms with Gasteiger partial charge in [0.15, 0.2) is 5.43 Å². The monoisotopic (exact) mass is 673 g/mol. The quantitative estimate of drug-likeness (QED) is 0.174. The normalized spacial score (nSPS) is 15.5. The van der Waals surface area contributed by atoms with Crippen LogP contribution in [-0.4, -0.2) is 0 Å². The average Bonchev–Trinajstić information content (AvgIpc) is 3.61. The molecule has 244 valence electrons. The van der Waals surface area contributed by atoms with Gasteiger partial charge in [-0.3, -0.25) is 4.79 Å². The van der Waals surface area contributed by atoms with Crippen molar-refractivity contribution in [3.63, 3.8) is 0 Å². The average molecular weight is 674 g/mol. The van der Waals surface area contributed by atoms with Crippen LogP contribution in [0.1, 0.15) is 48.6 Å². The second-order valence-corrected chi connectivity index (χ2v) is 15.9. The van der Waals surface area contributed by atoms with E-state index in [9.17, 15) is 4.79 Å². The van der Waals surface area contributed by atoms with Crippen molar-refractivity contribution in [2.24, 2.45) is 0 Å². The molecule has 2 nitrogen and oxygen atoms in total. The maximum Gasteiger partial charge on any atom is 0.195 e. The Hall–Kier alpha value is -5.77. The highest BCUT2D eigenvalue weighted by Crippen LogP contribution is 2.63. The van der Waals surface area contributed by atoms with E-state index in [1.165, 1.54) is 50.1 Å². The molecule has 0 amide bonds. The molecule has 10 rings (SSSR count). The highest BCUT2D eigenvalue weighted by Gasteiger charge is 2.52. The lowest BCUT2D eigenvalue weighted by molar-refractivity contribution is 0.591. The van der Waals surface area contributed by atoms with Gasteiger partial charge in [-0.2, -0.15) is 0 Å². The Balaban J connectivity index is 1.25. The van der Waals surface area contributed by atoms with Crippen LogP contribution in [0.3, 0.4) is 0 Å².